The van der Waals surface area contributed by atoms with Crippen molar-refractivity contribution < 1.29 is 14.3 Å². The van der Waals surface area contributed by atoms with E-state index in [9.17, 15) is 4.79 Å². The number of carbonyl (C=O) groups excluding carboxylic acids is 1. The van der Waals surface area contributed by atoms with Crippen LogP contribution in [0.1, 0.15) is 31.0 Å². The maximum atomic E-state index is 12.6. The Morgan fingerprint density at radius 1 is 1.04 bits per heavy atom. The lowest BCUT2D eigenvalue weighted by Gasteiger charge is -2.22. The van der Waals surface area contributed by atoms with Gasteiger partial charge in [-0.25, -0.2) is 0 Å². The summed E-state index contributed by atoms with van der Waals surface area (Å²) in [6.07, 6.45) is 0. The molecule has 5 nitrogen and oxygen atoms in total. The molecule has 1 amide bonds. The second kappa shape index (κ2) is 9.20. The maximum absolute atomic E-state index is 12.6. The highest BCUT2D eigenvalue weighted by atomic mass is 35.5. The van der Waals surface area contributed by atoms with E-state index in [-0.39, 0.29) is 11.9 Å². The molecule has 7 heteroatoms. The van der Waals surface area contributed by atoms with E-state index in [0.29, 0.717) is 21.5 Å². The molecular formula is C20H24Cl2N2O3. The summed E-state index contributed by atoms with van der Waals surface area (Å²) in [4.78, 5) is 12.6. The van der Waals surface area contributed by atoms with Gasteiger partial charge in [0.05, 0.1) is 20.3 Å². The van der Waals surface area contributed by atoms with Gasteiger partial charge in [0, 0.05) is 21.8 Å². The predicted octanol–water partition coefficient (Wildman–Crippen LogP) is 5.00. The van der Waals surface area contributed by atoms with Crippen molar-refractivity contribution in [1.82, 2.24) is 5.32 Å². The minimum Gasteiger partial charge on any atom is -0.493 e. The van der Waals surface area contributed by atoms with Gasteiger partial charge in [0.15, 0.2) is 11.5 Å². The summed E-state index contributed by atoms with van der Waals surface area (Å²) < 4.78 is 10.6. The van der Waals surface area contributed by atoms with Crippen molar-refractivity contribution in [2.45, 2.75) is 32.9 Å². The number of ether oxygens (including phenoxy) is 2. The molecule has 0 bridgehead atoms. The highest BCUT2D eigenvalue weighted by Gasteiger charge is 2.19. The van der Waals surface area contributed by atoms with Crippen LogP contribution < -0.4 is 20.1 Å². The van der Waals surface area contributed by atoms with Crippen LogP contribution in [0.4, 0.5) is 5.69 Å². The van der Waals surface area contributed by atoms with Crippen LogP contribution >= 0.6 is 23.2 Å². The van der Waals surface area contributed by atoms with Crippen LogP contribution in [0.2, 0.25) is 10.0 Å². The Bertz CT molecular complexity index is 827. The van der Waals surface area contributed by atoms with E-state index in [1.807, 2.05) is 32.0 Å². The number of benzene rings is 2. The summed E-state index contributed by atoms with van der Waals surface area (Å²) in [5, 5.41) is 7.25. The van der Waals surface area contributed by atoms with Gasteiger partial charge >= 0.3 is 0 Å². The van der Waals surface area contributed by atoms with Gasteiger partial charge in [-0.1, -0.05) is 29.3 Å². The molecule has 2 atom stereocenters. The third kappa shape index (κ3) is 5.21. The molecule has 146 valence electrons. The molecule has 2 aromatic carbocycles. The number of hydrogen-bond acceptors (Lipinski definition) is 4. The number of nitrogens with one attached hydrogen (secondary N) is 2. The Morgan fingerprint density at radius 2 is 1.67 bits per heavy atom. The van der Waals surface area contributed by atoms with Crippen molar-refractivity contribution in [3.8, 4) is 11.5 Å². The van der Waals surface area contributed by atoms with Gasteiger partial charge in [-0.3, -0.25) is 4.79 Å². The Labute approximate surface area is 170 Å². The van der Waals surface area contributed by atoms with Crippen molar-refractivity contribution in [2.75, 3.05) is 19.5 Å². The predicted molar refractivity (Wildman–Crippen MR) is 110 cm³/mol. The first-order chi connectivity index (χ1) is 12.8. The lowest BCUT2D eigenvalue weighted by molar-refractivity contribution is -0.122. The van der Waals surface area contributed by atoms with Gasteiger partial charge in [0.2, 0.25) is 5.91 Å². The molecule has 2 rings (SSSR count). The standard InChI is InChI=1S/C20H24Cl2N2O3/c1-11-8-18(26-4)19(27-5)10-17(11)23-13(3)20(25)24-12(2)15-7-6-14(21)9-16(15)22/h6-10,12-13,23H,1-5H3,(H,24,25)/t12-,13+/m1/s1. The average molecular weight is 411 g/mol. The number of rotatable bonds is 7. The zero-order valence-electron chi connectivity index (χ0n) is 16.0. The highest BCUT2D eigenvalue weighted by molar-refractivity contribution is 6.35. The van der Waals surface area contributed by atoms with Crippen molar-refractivity contribution in [1.29, 1.82) is 0 Å². The van der Waals surface area contributed by atoms with E-state index in [4.69, 9.17) is 32.7 Å². The largest absolute Gasteiger partial charge is 0.493 e. The Balaban J connectivity index is 2.09. The molecule has 2 aromatic rings. The van der Waals surface area contributed by atoms with Crippen LogP contribution in [0.5, 0.6) is 11.5 Å². The fourth-order valence-corrected chi connectivity index (χ4v) is 3.28. The van der Waals surface area contributed by atoms with Crippen molar-refractivity contribution >= 4 is 34.8 Å². The second-order valence-electron chi connectivity index (χ2n) is 6.28. The zero-order valence-corrected chi connectivity index (χ0v) is 17.5. The monoisotopic (exact) mass is 410 g/mol. The molecule has 0 unspecified atom stereocenters. The molecule has 0 fully saturated rings. The van der Waals surface area contributed by atoms with E-state index in [1.165, 1.54) is 0 Å². The third-order valence-electron chi connectivity index (χ3n) is 4.28. The number of anilines is 1. The number of halogens is 2. The third-order valence-corrected chi connectivity index (χ3v) is 4.85. The van der Waals surface area contributed by atoms with E-state index >= 15 is 0 Å². The van der Waals surface area contributed by atoms with Gasteiger partial charge in [0.1, 0.15) is 6.04 Å². The molecule has 0 heterocycles. The van der Waals surface area contributed by atoms with Gasteiger partial charge in [-0.15, -0.1) is 0 Å². The van der Waals surface area contributed by atoms with Crippen LogP contribution in [0.3, 0.4) is 0 Å². The smallest absolute Gasteiger partial charge is 0.242 e. The number of hydrogen-bond donors (Lipinski definition) is 2. The Hall–Kier alpha value is -2.11. The van der Waals surface area contributed by atoms with Crippen LogP contribution in [-0.2, 0) is 4.79 Å². The quantitative estimate of drug-likeness (QED) is 0.674. The van der Waals surface area contributed by atoms with Gasteiger partial charge in [0.25, 0.3) is 0 Å². The fourth-order valence-electron chi connectivity index (χ4n) is 2.70. The molecule has 27 heavy (non-hydrogen) atoms. The van der Waals surface area contributed by atoms with Crippen LogP contribution in [0.25, 0.3) is 0 Å². The molecule has 0 spiro atoms. The number of carbonyl (C=O) groups is 1. The molecule has 0 radical (unpaired) electrons. The van der Waals surface area contributed by atoms with E-state index < -0.39 is 6.04 Å². The summed E-state index contributed by atoms with van der Waals surface area (Å²) in [6.45, 7) is 5.61. The fraction of sp³-hybridized carbons (Fsp3) is 0.350. The van der Waals surface area contributed by atoms with Gasteiger partial charge < -0.3 is 20.1 Å². The molecule has 0 saturated carbocycles. The molecule has 0 aliphatic rings. The van der Waals surface area contributed by atoms with Crippen molar-refractivity contribution in [2.24, 2.45) is 0 Å². The van der Waals surface area contributed by atoms with E-state index in [1.54, 1.807) is 33.3 Å². The first-order valence-corrected chi connectivity index (χ1v) is 9.26. The zero-order chi connectivity index (χ0) is 20.1. The molecule has 0 saturated heterocycles. The van der Waals surface area contributed by atoms with Crippen molar-refractivity contribution in [3.63, 3.8) is 0 Å². The Kier molecular flexibility index (Phi) is 7.22. The number of aryl methyl sites for hydroxylation is 1. The lowest BCUT2D eigenvalue weighted by atomic mass is 10.1. The van der Waals surface area contributed by atoms with E-state index in [0.717, 1.165) is 16.8 Å². The first kappa shape index (κ1) is 21.2. The average Bonchev–Trinajstić information content (AvgIpc) is 2.62. The summed E-state index contributed by atoms with van der Waals surface area (Å²) in [5.74, 6) is 1.09. The Morgan fingerprint density at radius 3 is 2.26 bits per heavy atom. The molecule has 2 N–H and O–H groups in total. The summed E-state index contributed by atoms with van der Waals surface area (Å²) >= 11 is 12.2. The van der Waals surface area contributed by atoms with Crippen LogP contribution in [0.15, 0.2) is 30.3 Å². The van der Waals surface area contributed by atoms with Crippen LogP contribution in [0, 0.1) is 6.92 Å². The van der Waals surface area contributed by atoms with Crippen molar-refractivity contribution in [3.05, 3.63) is 51.5 Å². The normalized spacial score (nSPS) is 12.9. The molecular weight excluding hydrogens is 387 g/mol. The SMILES string of the molecule is COc1cc(C)c(N[C@@H](C)C(=O)N[C@H](C)c2ccc(Cl)cc2Cl)cc1OC. The van der Waals surface area contributed by atoms with Gasteiger partial charge in [-0.05, 0) is 50.1 Å². The second-order valence-corrected chi connectivity index (χ2v) is 7.13. The minimum atomic E-state index is -0.463. The molecule has 0 aliphatic heterocycles. The molecule has 0 aromatic heterocycles. The van der Waals surface area contributed by atoms with E-state index in [2.05, 4.69) is 10.6 Å². The lowest BCUT2D eigenvalue weighted by Crippen LogP contribution is -2.39. The maximum Gasteiger partial charge on any atom is 0.242 e. The van der Waals surface area contributed by atoms with Gasteiger partial charge in [-0.2, -0.15) is 0 Å². The topological polar surface area (TPSA) is 59.6 Å². The van der Waals surface area contributed by atoms with Crippen LogP contribution in [-0.4, -0.2) is 26.2 Å². The summed E-state index contributed by atoms with van der Waals surface area (Å²) in [6, 6.07) is 8.19. The number of methoxy groups -OCH3 is 2. The molecule has 0 aliphatic carbocycles. The first-order valence-electron chi connectivity index (χ1n) is 8.51. The summed E-state index contributed by atoms with van der Waals surface area (Å²) in [5.41, 5.74) is 2.55. The minimum absolute atomic E-state index is 0.150. The number of amides is 1. The highest BCUT2D eigenvalue weighted by Crippen LogP contribution is 2.33. The summed E-state index contributed by atoms with van der Waals surface area (Å²) in [7, 11) is 3.16.